The molecule has 0 fully saturated rings. The quantitative estimate of drug-likeness (QED) is 0.112. The Hall–Kier alpha value is -3.77. The summed E-state index contributed by atoms with van der Waals surface area (Å²) in [5.74, 6) is 1.47. The van der Waals surface area contributed by atoms with Crippen molar-refractivity contribution in [2.75, 3.05) is 25.0 Å². The lowest BCUT2D eigenvalue weighted by atomic mass is 10.2. The van der Waals surface area contributed by atoms with Gasteiger partial charge in [0.2, 0.25) is 17.6 Å². The first-order valence-electron chi connectivity index (χ1n) is 15.2. The molecule has 4 rings (SSSR count). The lowest BCUT2D eigenvalue weighted by Crippen LogP contribution is -2.48. The molecular weight excluding hydrogens is 562 g/mol. The van der Waals surface area contributed by atoms with E-state index in [0.29, 0.717) is 78.6 Å². The zero-order valence-electron chi connectivity index (χ0n) is 26.1. The van der Waals surface area contributed by atoms with Crippen LogP contribution in [0.4, 0.5) is 5.82 Å². The molecule has 0 atom stereocenters. The highest BCUT2D eigenvalue weighted by atomic mass is 28.4. The number of carbonyl (C=O) groups excluding carboxylic acids is 1. The van der Waals surface area contributed by atoms with Crippen LogP contribution < -0.4 is 16.2 Å². The molecule has 0 unspecified atom stereocenters. The van der Waals surface area contributed by atoms with Crippen LogP contribution in [0.25, 0.3) is 22.3 Å². The highest BCUT2D eigenvalue weighted by Crippen LogP contribution is 2.42. The van der Waals surface area contributed by atoms with Crippen LogP contribution in [0.2, 0.25) is 16.6 Å². The predicted octanol–water partition coefficient (Wildman–Crippen LogP) is 5.52. The van der Waals surface area contributed by atoms with Gasteiger partial charge in [-0.15, -0.1) is 0 Å². The lowest BCUT2D eigenvalue weighted by Gasteiger charge is -2.42. The summed E-state index contributed by atoms with van der Waals surface area (Å²) < 4.78 is 14.3. The topological polar surface area (TPSA) is 140 Å². The van der Waals surface area contributed by atoms with Crippen molar-refractivity contribution in [3.8, 4) is 11.5 Å². The highest BCUT2D eigenvalue weighted by Gasteiger charge is 2.44. The van der Waals surface area contributed by atoms with E-state index in [-0.39, 0.29) is 17.9 Å². The number of benzene rings is 1. The molecule has 3 N–H and O–H groups in total. The number of nitrogens with zero attached hydrogens (tertiary/aromatic N) is 4. The molecule has 1 amide bonds. The van der Waals surface area contributed by atoms with Crippen molar-refractivity contribution in [3.05, 3.63) is 58.8 Å². The van der Waals surface area contributed by atoms with E-state index in [4.69, 9.17) is 8.95 Å². The first kappa shape index (κ1) is 32.1. The van der Waals surface area contributed by atoms with Gasteiger partial charge < -0.3 is 24.1 Å². The maximum atomic E-state index is 12.4. The number of H-pyrrole nitrogens is 1. The molecule has 232 valence electrons. The van der Waals surface area contributed by atoms with Crippen LogP contribution in [0.15, 0.2) is 51.9 Å². The molecule has 12 heteroatoms. The fraction of sp³-hybridized carbons (Fsp3) is 0.516. The minimum atomic E-state index is -1.94. The Labute approximate surface area is 253 Å². The summed E-state index contributed by atoms with van der Waals surface area (Å²) in [4.78, 5) is 28.9. The summed E-state index contributed by atoms with van der Waals surface area (Å²) in [6, 6.07) is 11.3. The van der Waals surface area contributed by atoms with Crippen molar-refractivity contribution in [1.29, 1.82) is 0 Å². The number of aryl methyl sites for hydroxylation is 1. The largest absolute Gasteiger partial charge is 0.414 e. The zero-order valence-corrected chi connectivity index (χ0v) is 27.1. The first-order valence-corrected chi connectivity index (χ1v) is 17.4. The number of hydrogen-bond donors (Lipinski definition) is 3. The van der Waals surface area contributed by atoms with Gasteiger partial charge in [0, 0.05) is 44.1 Å². The molecule has 43 heavy (non-hydrogen) atoms. The van der Waals surface area contributed by atoms with Gasteiger partial charge in [-0.25, -0.2) is 5.10 Å². The number of aromatic nitrogens is 5. The summed E-state index contributed by atoms with van der Waals surface area (Å²) in [6.45, 7) is 16.2. The molecular formula is C31H45N7O4Si. The van der Waals surface area contributed by atoms with Crippen molar-refractivity contribution in [2.45, 2.75) is 84.0 Å². The SMILES string of the molecule is CC(C)[Si](OCCn1cccc1-c1noc(CCC(=O)NCCCNc2n[nH]c(=O)c3ccccc23)n1)(C(C)C)C(C)C. The van der Waals surface area contributed by atoms with Gasteiger partial charge in [-0.1, -0.05) is 64.9 Å². The number of hydrogen-bond acceptors (Lipinski definition) is 8. The van der Waals surface area contributed by atoms with Gasteiger partial charge in [-0.3, -0.25) is 9.59 Å². The second-order valence-electron chi connectivity index (χ2n) is 11.8. The van der Waals surface area contributed by atoms with Gasteiger partial charge in [-0.2, -0.15) is 10.1 Å². The highest BCUT2D eigenvalue weighted by molar-refractivity contribution is 6.77. The lowest BCUT2D eigenvalue weighted by molar-refractivity contribution is -0.121. The monoisotopic (exact) mass is 607 g/mol. The third-order valence-electron chi connectivity index (χ3n) is 8.15. The number of amides is 1. The van der Waals surface area contributed by atoms with Crippen LogP contribution in [-0.2, 0) is 22.2 Å². The Balaban J connectivity index is 1.21. The van der Waals surface area contributed by atoms with E-state index < -0.39 is 8.32 Å². The average Bonchev–Trinajstić information content (AvgIpc) is 3.64. The van der Waals surface area contributed by atoms with Crippen LogP contribution in [0.3, 0.4) is 0 Å². The average molecular weight is 608 g/mol. The van der Waals surface area contributed by atoms with Gasteiger partial charge in [0.1, 0.15) is 0 Å². The summed E-state index contributed by atoms with van der Waals surface area (Å²) >= 11 is 0. The van der Waals surface area contributed by atoms with Gasteiger partial charge in [0.15, 0.2) is 14.1 Å². The molecule has 3 aromatic heterocycles. The molecule has 1 aromatic carbocycles. The van der Waals surface area contributed by atoms with Gasteiger partial charge in [0.25, 0.3) is 5.56 Å². The van der Waals surface area contributed by atoms with Crippen molar-refractivity contribution >= 4 is 30.8 Å². The Kier molecular flexibility index (Phi) is 10.9. The Morgan fingerprint density at radius 1 is 1.02 bits per heavy atom. The molecule has 0 radical (unpaired) electrons. The van der Waals surface area contributed by atoms with Crippen LogP contribution in [0.5, 0.6) is 0 Å². The normalized spacial score (nSPS) is 12.1. The number of fused-ring (bicyclic) bond motifs is 1. The molecule has 0 spiro atoms. The fourth-order valence-corrected chi connectivity index (χ4v) is 11.6. The van der Waals surface area contributed by atoms with Gasteiger partial charge in [0.05, 0.1) is 17.7 Å². The van der Waals surface area contributed by atoms with Crippen LogP contribution in [0, 0.1) is 0 Å². The Bertz CT molecular complexity index is 1520. The summed E-state index contributed by atoms with van der Waals surface area (Å²) in [5, 5.41) is 18.3. The van der Waals surface area contributed by atoms with Crippen molar-refractivity contribution in [2.24, 2.45) is 0 Å². The smallest absolute Gasteiger partial charge is 0.272 e. The van der Waals surface area contributed by atoms with Gasteiger partial charge in [-0.05, 0) is 41.2 Å². The molecule has 0 aliphatic rings. The molecule has 0 bridgehead atoms. The number of rotatable bonds is 16. The van der Waals surface area contributed by atoms with E-state index in [1.165, 1.54) is 0 Å². The third kappa shape index (κ3) is 7.60. The molecule has 11 nitrogen and oxygen atoms in total. The Morgan fingerprint density at radius 2 is 1.74 bits per heavy atom. The van der Waals surface area contributed by atoms with Crippen molar-refractivity contribution in [1.82, 2.24) is 30.2 Å². The first-order chi connectivity index (χ1) is 20.6. The van der Waals surface area contributed by atoms with Crippen LogP contribution in [0.1, 0.15) is 60.3 Å². The predicted molar refractivity (Wildman–Crippen MR) is 172 cm³/mol. The summed E-state index contributed by atoms with van der Waals surface area (Å²) in [6.07, 6.45) is 3.32. The second-order valence-corrected chi connectivity index (χ2v) is 17.3. The van der Waals surface area contributed by atoms with Crippen molar-refractivity contribution in [3.63, 3.8) is 0 Å². The molecule has 0 saturated heterocycles. The minimum absolute atomic E-state index is 0.0824. The fourth-order valence-electron chi connectivity index (χ4n) is 6.17. The van der Waals surface area contributed by atoms with E-state index in [1.807, 2.05) is 36.5 Å². The van der Waals surface area contributed by atoms with Gasteiger partial charge >= 0.3 is 0 Å². The maximum Gasteiger partial charge on any atom is 0.272 e. The van der Waals surface area contributed by atoms with Crippen LogP contribution in [-0.4, -0.2) is 58.8 Å². The third-order valence-corrected chi connectivity index (χ3v) is 14.3. The number of anilines is 1. The van der Waals surface area contributed by atoms with E-state index in [0.717, 1.165) is 11.1 Å². The molecule has 0 aliphatic carbocycles. The maximum absolute atomic E-state index is 12.4. The van der Waals surface area contributed by atoms with Crippen molar-refractivity contribution < 1.29 is 13.7 Å². The van der Waals surface area contributed by atoms with E-state index >= 15 is 0 Å². The number of aromatic amines is 1. The molecule has 3 heterocycles. The minimum Gasteiger partial charge on any atom is -0.414 e. The van der Waals surface area contributed by atoms with E-state index in [1.54, 1.807) is 6.07 Å². The molecule has 0 aliphatic heterocycles. The van der Waals surface area contributed by atoms with E-state index in [2.05, 4.69) is 77.1 Å². The number of carbonyl (C=O) groups is 1. The zero-order chi connectivity index (χ0) is 31.0. The number of nitrogens with one attached hydrogen (secondary N) is 3. The summed E-state index contributed by atoms with van der Waals surface area (Å²) in [7, 11) is -1.94. The molecule has 0 saturated carbocycles. The Morgan fingerprint density at radius 3 is 2.47 bits per heavy atom. The summed E-state index contributed by atoms with van der Waals surface area (Å²) in [5.41, 5.74) is 2.25. The van der Waals surface area contributed by atoms with Crippen LogP contribution >= 0.6 is 0 Å². The van der Waals surface area contributed by atoms with E-state index in [9.17, 15) is 9.59 Å². The standard InChI is InChI=1S/C31H45N7O4Si/c1-21(2)43(22(3)4,23(5)6)41-20-19-38-18-9-13-26(38)30-34-28(42-37-30)15-14-27(39)32-16-10-17-33-29-24-11-7-8-12-25(24)31(40)36-35-29/h7-9,11-13,18,21-23H,10,14-17,19-20H2,1-6H3,(H,32,39)(H,33,35)(H,36,40). The second kappa shape index (κ2) is 14.6. The molecule has 4 aromatic rings.